The first-order chi connectivity index (χ1) is 9.99. The van der Waals surface area contributed by atoms with Crippen molar-refractivity contribution in [3.63, 3.8) is 0 Å². The fourth-order valence-corrected chi connectivity index (χ4v) is 1.83. The molecule has 108 valence electrons. The van der Waals surface area contributed by atoms with Crippen LogP contribution in [-0.4, -0.2) is 17.0 Å². The van der Waals surface area contributed by atoms with Crippen LogP contribution in [0.4, 0.5) is 4.39 Å². The number of carboxylic acids is 1. The fraction of sp³-hybridized carbons (Fsp3) is 0.0667. The maximum absolute atomic E-state index is 13.2. The molecule has 6 heteroatoms. The highest BCUT2D eigenvalue weighted by atomic mass is 19.1. The molecule has 0 spiro atoms. The molecule has 0 saturated heterocycles. The van der Waals surface area contributed by atoms with Gasteiger partial charge in [-0.05, 0) is 18.2 Å². The molecule has 1 amide bonds. The Morgan fingerprint density at radius 2 is 1.86 bits per heavy atom. The van der Waals surface area contributed by atoms with Crippen LogP contribution in [0.1, 0.15) is 26.3 Å². The average Bonchev–Trinajstić information content (AvgIpc) is 2.45. The first kappa shape index (κ1) is 14.5. The molecule has 2 aromatic carbocycles. The van der Waals surface area contributed by atoms with E-state index < -0.39 is 17.7 Å². The Labute approximate surface area is 119 Å². The summed E-state index contributed by atoms with van der Waals surface area (Å²) < 4.78 is 18.5. The van der Waals surface area contributed by atoms with Gasteiger partial charge in [-0.15, -0.1) is 0 Å². The van der Waals surface area contributed by atoms with Gasteiger partial charge in [-0.2, -0.15) is 0 Å². The van der Waals surface area contributed by atoms with E-state index in [0.29, 0.717) is 5.56 Å². The van der Waals surface area contributed by atoms with Crippen molar-refractivity contribution >= 4 is 11.9 Å². The van der Waals surface area contributed by atoms with E-state index in [0.717, 1.165) is 18.2 Å². The number of rotatable bonds is 5. The molecule has 0 saturated carbocycles. The first-order valence-electron chi connectivity index (χ1n) is 6.02. The van der Waals surface area contributed by atoms with Crippen LogP contribution in [0, 0.1) is 5.82 Å². The number of carbonyl (C=O) groups excluding carboxylic acids is 1. The number of halogens is 1. The van der Waals surface area contributed by atoms with E-state index in [1.165, 1.54) is 6.07 Å². The smallest absolute Gasteiger partial charge is 0.339 e. The number of ether oxygens (including phenoxy) is 1. The number of benzene rings is 2. The van der Waals surface area contributed by atoms with E-state index in [2.05, 4.69) is 0 Å². The second-order valence-electron chi connectivity index (χ2n) is 4.26. The largest absolute Gasteiger partial charge is 0.488 e. The van der Waals surface area contributed by atoms with Gasteiger partial charge in [-0.3, -0.25) is 4.79 Å². The van der Waals surface area contributed by atoms with Crippen molar-refractivity contribution in [2.45, 2.75) is 6.61 Å². The molecule has 0 fully saturated rings. The van der Waals surface area contributed by atoms with E-state index in [-0.39, 0.29) is 23.5 Å². The van der Waals surface area contributed by atoms with Crippen LogP contribution in [0.2, 0.25) is 0 Å². The summed E-state index contributed by atoms with van der Waals surface area (Å²) in [6, 6.07) is 9.63. The number of carboxylic acid groups (broad SMARTS) is 1. The number of nitrogens with two attached hydrogens (primary N) is 1. The lowest BCUT2D eigenvalue weighted by Gasteiger charge is -2.11. The molecular weight excluding hydrogens is 277 g/mol. The van der Waals surface area contributed by atoms with Crippen molar-refractivity contribution in [1.29, 1.82) is 0 Å². The lowest BCUT2D eigenvalue weighted by molar-refractivity contribution is 0.0691. The summed E-state index contributed by atoms with van der Waals surface area (Å²) in [5.41, 5.74) is 5.84. The number of aromatic carboxylic acids is 1. The highest BCUT2D eigenvalue weighted by Crippen LogP contribution is 2.22. The van der Waals surface area contributed by atoms with Crippen molar-refractivity contribution < 1.29 is 23.8 Å². The van der Waals surface area contributed by atoms with E-state index in [1.54, 1.807) is 18.2 Å². The van der Waals surface area contributed by atoms with Crippen LogP contribution in [0.25, 0.3) is 0 Å². The van der Waals surface area contributed by atoms with Crippen LogP contribution in [0.5, 0.6) is 5.75 Å². The molecule has 21 heavy (non-hydrogen) atoms. The SMILES string of the molecule is NC(=O)c1ccccc1COc1cc(F)ccc1C(=O)O. The zero-order chi connectivity index (χ0) is 15.4. The van der Waals surface area contributed by atoms with Crippen molar-refractivity contribution in [2.24, 2.45) is 5.73 Å². The first-order valence-corrected chi connectivity index (χ1v) is 6.02. The molecule has 2 aromatic rings. The molecule has 0 aliphatic heterocycles. The zero-order valence-corrected chi connectivity index (χ0v) is 10.9. The van der Waals surface area contributed by atoms with Gasteiger partial charge in [0, 0.05) is 17.2 Å². The highest BCUT2D eigenvalue weighted by Gasteiger charge is 2.14. The van der Waals surface area contributed by atoms with Gasteiger partial charge in [-0.25, -0.2) is 9.18 Å². The molecule has 0 bridgehead atoms. The molecule has 0 aromatic heterocycles. The quantitative estimate of drug-likeness (QED) is 0.883. The maximum atomic E-state index is 13.2. The maximum Gasteiger partial charge on any atom is 0.339 e. The molecular formula is C15H12FNO4. The molecule has 2 rings (SSSR count). The predicted octanol–water partition coefficient (Wildman–Crippen LogP) is 2.20. The van der Waals surface area contributed by atoms with E-state index in [4.69, 9.17) is 15.6 Å². The third kappa shape index (κ3) is 3.36. The molecule has 0 heterocycles. The summed E-state index contributed by atoms with van der Waals surface area (Å²) in [6.07, 6.45) is 0. The predicted molar refractivity (Wildman–Crippen MR) is 72.7 cm³/mol. The van der Waals surface area contributed by atoms with Crippen LogP contribution in [0.15, 0.2) is 42.5 Å². The van der Waals surface area contributed by atoms with E-state index in [1.807, 2.05) is 0 Å². The van der Waals surface area contributed by atoms with Gasteiger partial charge in [0.2, 0.25) is 5.91 Å². The zero-order valence-electron chi connectivity index (χ0n) is 10.9. The van der Waals surface area contributed by atoms with Crippen LogP contribution >= 0.6 is 0 Å². The summed E-state index contributed by atoms with van der Waals surface area (Å²) >= 11 is 0. The van der Waals surface area contributed by atoms with Crippen LogP contribution < -0.4 is 10.5 Å². The lowest BCUT2D eigenvalue weighted by Crippen LogP contribution is -2.15. The molecule has 0 radical (unpaired) electrons. The Balaban J connectivity index is 2.27. The number of amides is 1. The standard InChI is InChI=1S/C15H12FNO4/c16-10-5-6-12(15(19)20)13(7-10)21-8-9-3-1-2-4-11(9)14(17)18/h1-7H,8H2,(H2,17,18)(H,19,20). The number of primary amides is 1. The molecule has 3 N–H and O–H groups in total. The summed E-state index contributed by atoms with van der Waals surface area (Å²) in [5.74, 6) is -2.57. The Morgan fingerprint density at radius 1 is 1.14 bits per heavy atom. The second kappa shape index (κ2) is 6.04. The van der Waals surface area contributed by atoms with Gasteiger partial charge in [0.1, 0.15) is 23.7 Å². The summed E-state index contributed by atoms with van der Waals surface area (Å²) in [5, 5.41) is 9.02. The normalized spacial score (nSPS) is 10.1. The summed E-state index contributed by atoms with van der Waals surface area (Å²) in [4.78, 5) is 22.3. The van der Waals surface area contributed by atoms with Crippen molar-refractivity contribution in [3.05, 3.63) is 65.0 Å². The Morgan fingerprint density at radius 3 is 2.52 bits per heavy atom. The number of hydrogen-bond donors (Lipinski definition) is 2. The second-order valence-corrected chi connectivity index (χ2v) is 4.26. The Kier molecular flexibility index (Phi) is 4.18. The van der Waals surface area contributed by atoms with Crippen LogP contribution in [-0.2, 0) is 6.61 Å². The minimum Gasteiger partial charge on any atom is -0.488 e. The van der Waals surface area contributed by atoms with E-state index >= 15 is 0 Å². The van der Waals surface area contributed by atoms with Crippen molar-refractivity contribution in [3.8, 4) is 5.75 Å². The summed E-state index contributed by atoms with van der Waals surface area (Å²) in [6.45, 7) is -0.0944. The molecule has 0 unspecified atom stereocenters. The Hall–Kier alpha value is -2.89. The van der Waals surface area contributed by atoms with Crippen molar-refractivity contribution in [1.82, 2.24) is 0 Å². The minimum absolute atomic E-state index is 0.0944. The third-order valence-electron chi connectivity index (χ3n) is 2.84. The average molecular weight is 289 g/mol. The van der Waals surface area contributed by atoms with Gasteiger partial charge in [0.05, 0.1) is 0 Å². The number of hydrogen-bond acceptors (Lipinski definition) is 3. The van der Waals surface area contributed by atoms with Crippen molar-refractivity contribution in [2.75, 3.05) is 0 Å². The van der Waals surface area contributed by atoms with Gasteiger partial charge < -0.3 is 15.6 Å². The van der Waals surface area contributed by atoms with Gasteiger partial charge in [0.15, 0.2) is 0 Å². The van der Waals surface area contributed by atoms with Gasteiger partial charge in [0.25, 0.3) is 0 Å². The molecule has 5 nitrogen and oxygen atoms in total. The Bertz CT molecular complexity index is 700. The molecule has 0 atom stereocenters. The lowest BCUT2D eigenvalue weighted by atomic mass is 10.1. The van der Waals surface area contributed by atoms with Gasteiger partial charge >= 0.3 is 5.97 Å². The minimum atomic E-state index is -1.23. The topological polar surface area (TPSA) is 89.6 Å². The molecule has 0 aliphatic carbocycles. The third-order valence-corrected chi connectivity index (χ3v) is 2.84. The van der Waals surface area contributed by atoms with Crippen LogP contribution in [0.3, 0.4) is 0 Å². The molecule has 0 aliphatic rings. The van der Waals surface area contributed by atoms with Gasteiger partial charge in [-0.1, -0.05) is 18.2 Å². The fourth-order valence-electron chi connectivity index (χ4n) is 1.83. The highest BCUT2D eigenvalue weighted by molar-refractivity contribution is 5.94. The van der Waals surface area contributed by atoms with E-state index in [9.17, 15) is 14.0 Å². The summed E-state index contributed by atoms with van der Waals surface area (Å²) in [7, 11) is 0. The monoisotopic (exact) mass is 289 g/mol. The number of carbonyl (C=O) groups is 2.